The average molecular weight is 191 g/mol. The Morgan fingerprint density at radius 2 is 2.21 bits per heavy atom. The zero-order valence-corrected chi connectivity index (χ0v) is 8.29. The fraction of sp³-hybridized carbons (Fsp3) is 0.364. The molecule has 0 saturated carbocycles. The maximum Gasteiger partial charge on any atom is 0.337 e. The molecule has 1 aromatic rings. The molecule has 3 nitrogen and oxygen atoms in total. The van der Waals surface area contributed by atoms with Gasteiger partial charge in [0.2, 0.25) is 0 Å². The smallest absolute Gasteiger partial charge is 0.337 e. The highest BCUT2D eigenvalue weighted by atomic mass is 16.4. The number of benzene rings is 1. The van der Waals surface area contributed by atoms with E-state index in [4.69, 9.17) is 5.11 Å². The fourth-order valence-electron chi connectivity index (χ4n) is 1.89. The van der Waals surface area contributed by atoms with Crippen LogP contribution in [0.15, 0.2) is 18.2 Å². The molecule has 74 valence electrons. The van der Waals surface area contributed by atoms with Crippen molar-refractivity contribution in [2.45, 2.75) is 19.3 Å². The number of aromatic carboxylic acids is 1. The third kappa shape index (κ3) is 1.16. The van der Waals surface area contributed by atoms with E-state index >= 15 is 0 Å². The average Bonchev–Trinajstić information content (AvgIpc) is 2.42. The van der Waals surface area contributed by atoms with Crippen molar-refractivity contribution >= 4 is 11.7 Å². The summed E-state index contributed by atoms with van der Waals surface area (Å²) in [5.74, 6) is -0.868. The molecule has 3 heteroatoms. The Balaban J connectivity index is 2.61. The molecule has 0 saturated heterocycles. The number of nitrogens with one attached hydrogen (secondary N) is 1. The first-order chi connectivity index (χ1) is 6.52. The molecule has 1 aromatic carbocycles. The largest absolute Gasteiger partial charge is 0.478 e. The van der Waals surface area contributed by atoms with Gasteiger partial charge in [0.1, 0.15) is 0 Å². The monoisotopic (exact) mass is 191 g/mol. The summed E-state index contributed by atoms with van der Waals surface area (Å²) in [5.41, 5.74) is 2.27. The Kier molecular flexibility index (Phi) is 1.77. The molecular weight excluding hydrogens is 178 g/mol. The van der Waals surface area contributed by atoms with Crippen LogP contribution >= 0.6 is 0 Å². The van der Waals surface area contributed by atoms with E-state index in [1.54, 1.807) is 12.1 Å². The van der Waals surface area contributed by atoms with Crippen LogP contribution in [0.2, 0.25) is 0 Å². The Morgan fingerprint density at radius 1 is 1.50 bits per heavy atom. The minimum Gasteiger partial charge on any atom is -0.478 e. The van der Waals surface area contributed by atoms with E-state index in [2.05, 4.69) is 19.2 Å². The van der Waals surface area contributed by atoms with Gasteiger partial charge in [0.25, 0.3) is 0 Å². The SMILES string of the molecule is CC1(C)CNc2c(C(=O)O)cccc21. The van der Waals surface area contributed by atoms with Crippen LogP contribution in [0, 0.1) is 0 Å². The van der Waals surface area contributed by atoms with Crippen LogP contribution in [-0.4, -0.2) is 17.6 Å². The summed E-state index contributed by atoms with van der Waals surface area (Å²) in [6.07, 6.45) is 0. The van der Waals surface area contributed by atoms with Crippen molar-refractivity contribution in [2.24, 2.45) is 0 Å². The molecule has 1 aliphatic heterocycles. The van der Waals surface area contributed by atoms with E-state index in [-0.39, 0.29) is 5.41 Å². The molecule has 0 bridgehead atoms. The third-order valence-electron chi connectivity index (χ3n) is 2.73. The first kappa shape index (κ1) is 9.06. The third-order valence-corrected chi connectivity index (χ3v) is 2.73. The molecule has 0 spiro atoms. The van der Waals surface area contributed by atoms with Crippen molar-refractivity contribution < 1.29 is 9.90 Å². The van der Waals surface area contributed by atoms with Gasteiger partial charge in [0.15, 0.2) is 0 Å². The van der Waals surface area contributed by atoms with Gasteiger partial charge in [0.05, 0.1) is 11.3 Å². The summed E-state index contributed by atoms with van der Waals surface area (Å²) in [4.78, 5) is 10.9. The number of carbonyl (C=O) groups is 1. The van der Waals surface area contributed by atoms with E-state index in [9.17, 15) is 4.79 Å². The summed E-state index contributed by atoms with van der Waals surface area (Å²) >= 11 is 0. The van der Waals surface area contributed by atoms with Crippen molar-refractivity contribution in [1.82, 2.24) is 0 Å². The summed E-state index contributed by atoms with van der Waals surface area (Å²) in [6.45, 7) is 5.02. The number of anilines is 1. The molecule has 0 amide bonds. The van der Waals surface area contributed by atoms with Gasteiger partial charge in [0, 0.05) is 12.0 Å². The van der Waals surface area contributed by atoms with E-state index in [0.717, 1.165) is 17.8 Å². The highest BCUT2D eigenvalue weighted by molar-refractivity contribution is 5.96. The maximum atomic E-state index is 10.9. The second-order valence-electron chi connectivity index (χ2n) is 4.27. The van der Waals surface area contributed by atoms with Gasteiger partial charge >= 0.3 is 5.97 Å². The molecule has 2 rings (SSSR count). The van der Waals surface area contributed by atoms with Crippen molar-refractivity contribution in [2.75, 3.05) is 11.9 Å². The molecule has 0 aromatic heterocycles. The number of carboxylic acid groups (broad SMARTS) is 1. The fourth-order valence-corrected chi connectivity index (χ4v) is 1.89. The number of para-hydroxylation sites is 1. The lowest BCUT2D eigenvalue weighted by molar-refractivity contribution is 0.0698. The van der Waals surface area contributed by atoms with Crippen molar-refractivity contribution in [3.8, 4) is 0 Å². The second kappa shape index (κ2) is 2.74. The second-order valence-corrected chi connectivity index (χ2v) is 4.27. The standard InChI is InChI=1S/C11H13NO2/c1-11(2)6-12-9-7(10(13)14)4-3-5-8(9)11/h3-5,12H,6H2,1-2H3,(H,13,14). The zero-order chi connectivity index (χ0) is 10.3. The quantitative estimate of drug-likeness (QED) is 0.714. The topological polar surface area (TPSA) is 49.3 Å². The molecule has 0 fully saturated rings. The first-order valence-electron chi connectivity index (χ1n) is 4.63. The summed E-state index contributed by atoms with van der Waals surface area (Å²) in [5, 5.41) is 12.1. The lowest BCUT2D eigenvalue weighted by Crippen LogP contribution is -2.18. The lowest BCUT2D eigenvalue weighted by atomic mass is 9.86. The highest BCUT2D eigenvalue weighted by Crippen LogP contribution is 2.38. The Morgan fingerprint density at radius 3 is 2.86 bits per heavy atom. The van der Waals surface area contributed by atoms with Gasteiger partial charge in [-0.05, 0) is 11.6 Å². The van der Waals surface area contributed by atoms with Gasteiger partial charge < -0.3 is 10.4 Å². The van der Waals surface area contributed by atoms with Crippen LogP contribution in [0.1, 0.15) is 29.8 Å². The number of hydrogen-bond acceptors (Lipinski definition) is 2. The number of rotatable bonds is 1. The molecule has 0 unspecified atom stereocenters. The van der Waals surface area contributed by atoms with Crippen molar-refractivity contribution in [3.63, 3.8) is 0 Å². The van der Waals surface area contributed by atoms with E-state index in [1.165, 1.54) is 0 Å². The molecular formula is C11H13NO2. The predicted molar refractivity (Wildman–Crippen MR) is 54.9 cm³/mol. The molecule has 1 aliphatic rings. The van der Waals surface area contributed by atoms with Gasteiger partial charge in [-0.3, -0.25) is 0 Å². The van der Waals surface area contributed by atoms with E-state index < -0.39 is 5.97 Å². The summed E-state index contributed by atoms with van der Waals surface area (Å²) in [6, 6.07) is 5.42. The number of fused-ring (bicyclic) bond motifs is 1. The van der Waals surface area contributed by atoms with E-state index in [1.807, 2.05) is 6.07 Å². The van der Waals surface area contributed by atoms with E-state index in [0.29, 0.717) is 5.56 Å². The minimum atomic E-state index is -0.868. The minimum absolute atomic E-state index is 0.0286. The normalized spacial score (nSPS) is 17.3. The van der Waals surface area contributed by atoms with Gasteiger partial charge in [-0.25, -0.2) is 4.79 Å². The molecule has 0 atom stereocenters. The number of hydrogen-bond donors (Lipinski definition) is 2. The molecule has 2 N–H and O–H groups in total. The first-order valence-corrected chi connectivity index (χ1v) is 4.63. The van der Waals surface area contributed by atoms with Gasteiger partial charge in [-0.15, -0.1) is 0 Å². The molecule has 0 radical (unpaired) electrons. The molecule has 0 aliphatic carbocycles. The molecule has 14 heavy (non-hydrogen) atoms. The van der Waals surface area contributed by atoms with Gasteiger partial charge in [-0.1, -0.05) is 26.0 Å². The zero-order valence-electron chi connectivity index (χ0n) is 8.29. The van der Waals surface area contributed by atoms with Crippen LogP contribution in [-0.2, 0) is 5.41 Å². The Hall–Kier alpha value is -1.51. The maximum absolute atomic E-state index is 10.9. The van der Waals surface area contributed by atoms with Crippen LogP contribution < -0.4 is 5.32 Å². The van der Waals surface area contributed by atoms with Crippen molar-refractivity contribution in [3.05, 3.63) is 29.3 Å². The predicted octanol–water partition coefficient (Wildman–Crippen LogP) is 2.09. The van der Waals surface area contributed by atoms with Crippen LogP contribution in [0.3, 0.4) is 0 Å². The van der Waals surface area contributed by atoms with Crippen molar-refractivity contribution in [1.29, 1.82) is 0 Å². The molecule has 1 heterocycles. The lowest BCUT2D eigenvalue weighted by Gasteiger charge is -2.16. The highest BCUT2D eigenvalue weighted by Gasteiger charge is 2.32. The summed E-state index contributed by atoms with van der Waals surface area (Å²) < 4.78 is 0. The number of carboxylic acids is 1. The van der Waals surface area contributed by atoms with Crippen LogP contribution in [0.25, 0.3) is 0 Å². The Bertz CT molecular complexity index is 396. The van der Waals surface area contributed by atoms with Crippen LogP contribution in [0.4, 0.5) is 5.69 Å². The summed E-state index contributed by atoms with van der Waals surface area (Å²) in [7, 11) is 0. The van der Waals surface area contributed by atoms with Crippen LogP contribution in [0.5, 0.6) is 0 Å². The van der Waals surface area contributed by atoms with Gasteiger partial charge in [-0.2, -0.15) is 0 Å². The Labute approximate surface area is 82.8 Å².